The number of hydrogen-bond donors (Lipinski definition) is 2. The molecule has 0 atom stereocenters. The molecule has 4 heteroatoms. The Kier molecular flexibility index (Phi) is 2.58. The number of nitrogens with zero attached hydrogens (tertiary/aromatic N) is 2. The highest BCUT2D eigenvalue weighted by Gasteiger charge is 2.33. The van der Waals surface area contributed by atoms with E-state index >= 15 is 0 Å². The molecule has 2 aromatic rings. The second-order valence-electron chi connectivity index (χ2n) is 3.73. The van der Waals surface area contributed by atoms with Crippen LogP contribution in [0.3, 0.4) is 0 Å². The first-order valence-electron chi connectivity index (χ1n) is 5.33. The Labute approximate surface area is 89.1 Å². The van der Waals surface area contributed by atoms with Crippen LogP contribution in [0.2, 0.25) is 0 Å². The highest BCUT2D eigenvalue weighted by molar-refractivity contribution is 5.29. The van der Waals surface area contributed by atoms with E-state index in [2.05, 4.69) is 34.2 Å². The van der Waals surface area contributed by atoms with Crippen LogP contribution < -0.4 is 0 Å². The van der Waals surface area contributed by atoms with E-state index in [1.54, 1.807) is 12.4 Å². The Morgan fingerprint density at radius 2 is 1.47 bits per heavy atom. The second kappa shape index (κ2) is 3.88. The predicted molar refractivity (Wildman–Crippen MR) is 58.5 cm³/mol. The lowest BCUT2D eigenvalue weighted by molar-refractivity contribution is 0.449. The predicted octanol–water partition coefficient (Wildman–Crippen LogP) is 2.24. The molecule has 0 amide bonds. The lowest BCUT2D eigenvalue weighted by Gasteiger charge is -2.28. The van der Waals surface area contributed by atoms with E-state index in [0.717, 1.165) is 24.2 Å². The van der Waals surface area contributed by atoms with E-state index in [-0.39, 0.29) is 5.41 Å². The van der Waals surface area contributed by atoms with Crippen molar-refractivity contribution >= 4 is 0 Å². The van der Waals surface area contributed by atoms with Gasteiger partial charge in [0.2, 0.25) is 0 Å². The van der Waals surface area contributed by atoms with Gasteiger partial charge in [-0.3, -0.25) is 10.2 Å². The average molecular weight is 204 g/mol. The molecule has 0 spiro atoms. The first-order chi connectivity index (χ1) is 7.33. The molecular weight excluding hydrogens is 188 g/mol. The molecule has 2 N–H and O–H groups in total. The van der Waals surface area contributed by atoms with Crippen LogP contribution in [0, 0.1) is 0 Å². The first-order valence-corrected chi connectivity index (χ1v) is 5.33. The number of rotatable bonds is 4. The highest BCUT2D eigenvalue weighted by atomic mass is 15.1. The van der Waals surface area contributed by atoms with Crippen molar-refractivity contribution in [3.8, 4) is 0 Å². The zero-order valence-electron chi connectivity index (χ0n) is 9.12. The van der Waals surface area contributed by atoms with Crippen molar-refractivity contribution in [3.63, 3.8) is 0 Å². The van der Waals surface area contributed by atoms with Gasteiger partial charge in [-0.05, 0) is 25.0 Å². The molecule has 2 heterocycles. The summed E-state index contributed by atoms with van der Waals surface area (Å²) in [5.41, 5.74) is 2.29. The Hall–Kier alpha value is -1.58. The normalized spacial score (nSPS) is 11.9. The van der Waals surface area contributed by atoms with Gasteiger partial charge in [-0.25, -0.2) is 0 Å². The summed E-state index contributed by atoms with van der Waals surface area (Å²) >= 11 is 0. The molecule has 0 aliphatic rings. The van der Waals surface area contributed by atoms with E-state index in [1.807, 2.05) is 12.1 Å². The standard InChI is InChI=1S/C11H16N4/c1-3-11(4-2,9-5-7-12-14-9)10-6-8-13-15-10/h5-8H,3-4H2,1-2H3,(H,12,14)(H,13,15). The van der Waals surface area contributed by atoms with Crippen LogP contribution in [-0.4, -0.2) is 20.4 Å². The Morgan fingerprint density at radius 1 is 1.00 bits per heavy atom. The maximum atomic E-state index is 4.03. The van der Waals surface area contributed by atoms with Crippen LogP contribution in [0.5, 0.6) is 0 Å². The molecule has 4 nitrogen and oxygen atoms in total. The van der Waals surface area contributed by atoms with Crippen molar-refractivity contribution in [1.29, 1.82) is 0 Å². The Balaban J connectivity index is 2.50. The molecule has 15 heavy (non-hydrogen) atoms. The zero-order valence-corrected chi connectivity index (χ0v) is 9.12. The van der Waals surface area contributed by atoms with Crippen LogP contribution in [-0.2, 0) is 5.41 Å². The quantitative estimate of drug-likeness (QED) is 0.802. The van der Waals surface area contributed by atoms with Gasteiger partial charge in [-0.15, -0.1) is 0 Å². The number of H-pyrrole nitrogens is 2. The molecule has 2 rings (SSSR count). The van der Waals surface area contributed by atoms with Gasteiger partial charge in [-0.2, -0.15) is 10.2 Å². The maximum absolute atomic E-state index is 4.03. The lowest BCUT2D eigenvalue weighted by Crippen LogP contribution is -2.27. The zero-order chi connectivity index (χ0) is 10.7. The lowest BCUT2D eigenvalue weighted by atomic mass is 9.76. The molecule has 80 valence electrons. The molecule has 0 aromatic carbocycles. The average Bonchev–Trinajstić information content (AvgIpc) is 2.92. The fourth-order valence-electron chi connectivity index (χ4n) is 2.20. The minimum absolute atomic E-state index is 0.00694. The molecule has 0 saturated carbocycles. The third-order valence-corrected chi connectivity index (χ3v) is 3.24. The molecule has 0 fully saturated rings. The summed E-state index contributed by atoms with van der Waals surface area (Å²) in [7, 11) is 0. The summed E-state index contributed by atoms with van der Waals surface area (Å²) in [6.07, 6.45) is 5.64. The molecule has 0 saturated heterocycles. The van der Waals surface area contributed by atoms with Crippen LogP contribution in [0.4, 0.5) is 0 Å². The molecular formula is C11H16N4. The van der Waals surface area contributed by atoms with Crippen LogP contribution >= 0.6 is 0 Å². The topological polar surface area (TPSA) is 57.4 Å². The summed E-state index contributed by atoms with van der Waals surface area (Å²) in [5, 5.41) is 14.2. The number of hydrogen-bond acceptors (Lipinski definition) is 2. The summed E-state index contributed by atoms with van der Waals surface area (Å²) in [6, 6.07) is 4.07. The van der Waals surface area contributed by atoms with E-state index < -0.39 is 0 Å². The molecule has 0 aliphatic heterocycles. The Bertz CT molecular complexity index is 348. The largest absolute Gasteiger partial charge is 0.282 e. The molecule has 0 radical (unpaired) electrons. The van der Waals surface area contributed by atoms with Gasteiger partial charge in [0.15, 0.2) is 0 Å². The van der Waals surface area contributed by atoms with Gasteiger partial charge < -0.3 is 0 Å². The van der Waals surface area contributed by atoms with Gasteiger partial charge in [0, 0.05) is 23.8 Å². The highest BCUT2D eigenvalue weighted by Crippen LogP contribution is 2.35. The van der Waals surface area contributed by atoms with Crippen molar-refractivity contribution in [2.24, 2.45) is 0 Å². The minimum Gasteiger partial charge on any atom is -0.282 e. The number of aromatic amines is 2. The number of nitrogens with one attached hydrogen (secondary N) is 2. The summed E-state index contributed by atoms with van der Waals surface area (Å²) in [4.78, 5) is 0. The smallest absolute Gasteiger partial charge is 0.0531 e. The van der Waals surface area contributed by atoms with Gasteiger partial charge >= 0.3 is 0 Å². The van der Waals surface area contributed by atoms with Gasteiger partial charge in [0.25, 0.3) is 0 Å². The van der Waals surface area contributed by atoms with Crippen molar-refractivity contribution in [3.05, 3.63) is 35.9 Å². The van der Waals surface area contributed by atoms with Gasteiger partial charge in [0.1, 0.15) is 0 Å². The monoisotopic (exact) mass is 204 g/mol. The summed E-state index contributed by atoms with van der Waals surface area (Å²) < 4.78 is 0. The fourth-order valence-corrected chi connectivity index (χ4v) is 2.20. The molecule has 0 aliphatic carbocycles. The van der Waals surface area contributed by atoms with Crippen molar-refractivity contribution in [1.82, 2.24) is 20.4 Å². The molecule has 0 unspecified atom stereocenters. The van der Waals surface area contributed by atoms with Crippen LogP contribution in [0.25, 0.3) is 0 Å². The summed E-state index contributed by atoms with van der Waals surface area (Å²) in [5.74, 6) is 0. The van der Waals surface area contributed by atoms with Crippen molar-refractivity contribution in [2.75, 3.05) is 0 Å². The second-order valence-corrected chi connectivity index (χ2v) is 3.73. The first kappa shape index (κ1) is 9.96. The van der Waals surface area contributed by atoms with E-state index in [9.17, 15) is 0 Å². The molecule has 2 aromatic heterocycles. The maximum Gasteiger partial charge on any atom is 0.0531 e. The van der Waals surface area contributed by atoms with Crippen molar-refractivity contribution in [2.45, 2.75) is 32.1 Å². The van der Waals surface area contributed by atoms with E-state index in [1.165, 1.54) is 0 Å². The van der Waals surface area contributed by atoms with Gasteiger partial charge in [-0.1, -0.05) is 13.8 Å². The van der Waals surface area contributed by atoms with E-state index in [0.29, 0.717) is 0 Å². The molecule has 0 bridgehead atoms. The van der Waals surface area contributed by atoms with Gasteiger partial charge in [0.05, 0.1) is 5.41 Å². The van der Waals surface area contributed by atoms with Crippen LogP contribution in [0.15, 0.2) is 24.5 Å². The van der Waals surface area contributed by atoms with Crippen molar-refractivity contribution < 1.29 is 0 Å². The Morgan fingerprint density at radius 3 is 1.73 bits per heavy atom. The fraction of sp³-hybridized carbons (Fsp3) is 0.455. The third kappa shape index (κ3) is 1.46. The summed E-state index contributed by atoms with van der Waals surface area (Å²) in [6.45, 7) is 4.37. The SMILES string of the molecule is CCC(CC)(c1ccn[nH]1)c1ccn[nH]1. The number of aromatic nitrogens is 4. The minimum atomic E-state index is -0.00694. The van der Waals surface area contributed by atoms with Crippen LogP contribution in [0.1, 0.15) is 38.1 Å². The van der Waals surface area contributed by atoms with E-state index in [4.69, 9.17) is 0 Å². The third-order valence-electron chi connectivity index (χ3n) is 3.24.